The van der Waals surface area contributed by atoms with Crippen LogP contribution in [-0.4, -0.2) is 20.0 Å². The lowest BCUT2D eigenvalue weighted by atomic mass is 10.00. The van der Waals surface area contributed by atoms with Crippen molar-refractivity contribution >= 4 is 27.4 Å². The number of nitrogen functional groups attached to an aromatic ring is 1. The molecule has 0 fully saturated rings. The predicted molar refractivity (Wildman–Crippen MR) is 86.3 cm³/mol. The Balaban J connectivity index is 2.53. The van der Waals surface area contributed by atoms with E-state index in [1.54, 1.807) is 31.4 Å². The molecule has 2 aromatic carbocycles. The number of carbonyl (C=O) groups is 1. The second-order valence-electron chi connectivity index (χ2n) is 4.59. The van der Waals surface area contributed by atoms with E-state index in [4.69, 9.17) is 15.2 Å². The number of ketones is 1. The number of rotatable bonds is 4. The number of nitrogens with two attached hydrogens (primary N) is 1. The van der Waals surface area contributed by atoms with Crippen LogP contribution in [-0.2, 0) is 0 Å². The van der Waals surface area contributed by atoms with Gasteiger partial charge in [0.25, 0.3) is 0 Å². The van der Waals surface area contributed by atoms with Gasteiger partial charge in [-0.15, -0.1) is 0 Å². The summed E-state index contributed by atoms with van der Waals surface area (Å²) in [6, 6.07) is 8.61. The number of halogens is 1. The molecule has 0 aliphatic heterocycles. The van der Waals surface area contributed by atoms with Crippen molar-refractivity contribution in [3.8, 4) is 11.5 Å². The van der Waals surface area contributed by atoms with Gasteiger partial charge in [-0.1, -0.05) is 12.1 Å². The molecule has 0 saturated carbocycles. The summed E-state index contributed by atoms with van der Waals surface area (Å²) >= 11 is 3.37. The SMILES string of the molecule is COc1cc(C(=O)c2ccc(C)c(N)c2)c(OC)cc1Br. The molecule has 0 atom stereocenters. The molecular weight excluding hydrogens is 334 g/mol. The zero-order valence-electron chi connectivity index (χ0n) is 12.1. The standard InChI is InChI=1S/C16H16BrNO3/c1-9-4-5-10(6-13(9)18)16(19)11-7-15(21-3)12(17)8-14(11)20-2/h4-8H,18H2,1-3H3. The molecule has 0 heterocycles. The van der Waals surface area contributed by atoms with Crippen LogP contribution >= 0.6 is 15.9 Å². The van der Waals surface area contributed by atoms with Gasteiger partial charge in [0.15, 0.2) is 5.78 Å². The molecular formula is C16H16BrNO3. The van der Waals surface area contributed by atoms with Gasteiger partial charge < -0.3 is 15.2 Å². The molecule has 0 unspecified atom stereocenters. The summed E-state index contributed by atoms with van der Waals surface area (Å²) in [5, 5.41) is 0. The first-order valence-electron chi connectivity index (χ1n) is 6.30. The van der Waals surface area contributed by atoms with Gasteiger partial charge >= 0.3 is 0 Å². The largest absolute Gasteiger partial charge is 0.496 e. The average Bonchev–Trinajstić information content (AvgIpc) is 2.49. The minimum absolute atomic E-state index is 0.163. The van der Waals surface area contributed by atoms with E-state index < -0.39 is 0 Å². The second-order valence-corrected chi connectivity index (χ2v) is 5.44. The number of aryl methyl sites for hydroxylation is 1. The van der Waals surface area contributed by atoms with Crippen LogP contribution in [0.3, 0.4) is 0 Å². The van der Waals surface area contributed by atoms with Gasteiger partial charge in [-0.3, -0.25) is 4.79 Å². The van der Waals surface area contributed by atoms with E-state index in [9.17, 15) is 4.79 Å². The molecule has 0 amide bonds. The first kappa shape index (κ1) is 15.4. The quantitative estimate of drug-likeness (QED) is 0.676. The molecule has 5 heteroatoms. The van der Waals surface area contributed by atoms with Crippen molar-refractivity contribution in [3.63, 3.8) is 0 Å². The molecule has 0 bridgehead atoms. The average molecular weight is 350 g/mol. The summed E-state index contributed by atoms with van der Waals surface area (Å²) in [6.07, 6.45) is 0. The Kier molecular flexibility index (Phi) is 4.53. The Morgan fingerprint density at radius 3 is 2.33 bits per heavy atom. The molecule has 0 aliphatic rings. The number of ether oxygens (including phenoxy) is 2. The fourth-order valence-electron chi connectivity index (χ4n) is 1.98. The maximum absolute atomic E-state index is 12.7. The summed E-state index contributed by atoms with van der Waals surface area (Å²) in [4.78, 5) is 12.7. The van der Waals surface area contributed by atoms with Gasteiger partial charge in [0.1, 0.15) is 11.5 Å². The van der Waals surface area contributed by atoms with E-state index in [0.717, 1.165) is 10.0 Å². The molecule has 21 heavy (non-hydrogen) atoms. The fraction of sp³-hybridized carbons (Fsp3) is 0.188. The molecule has 2 aromatic rings. The molecule has 0 aromatic heterocycles. The normalized spacial score (nSPS) is 10.3. The zero-order valence-corrected chi connectivity index (χ0v) is 13.7. The van der Waals surface area contributed by atoms with Gasteiger partial charge in [0.2, 0.25) is 0 Å². The predicted octanol–water partition coefficient (Wildman–Crippen LogP) is 3.59. The highest BCUT2D eigenvalue weighted by atomic mass is 79.9. The van der Waals surface area contributed by atoms with Crippen LogP contribution in [0.4, 0.5) is 5.69 Å². The van der Waals surface area contributed by atoms with E-state index in [1.165, 1.54) is 7.11 Å². The highest BCUT2D eigenvalue weighted by Gasteiger charge is 2.18. The Hall–Kier alpha value is -2.01. The number of benzene rings is 2. The third-order valence-corrected chi connectivity index (χ3v) is 3.88. The monoisotopic (exact) mass is 349 g/mol. The third-order valence-electron chi connectivity index (χ3n) is 3.26. The van der Waals surface area contributed by atoms with Crippen LogP contribution in [0.15, 0.2) is 34.8 Å². The molecule has 0 aliphatic carbocycles. The van der Waals surface area contributed by atoms with Crippen LogP contribution in [0.25, 0.3) is 0 Å². The van der Waals surface area contributed by atoms with Gasteiger partial charge in [0, 0.05) is 11.3 Å². The smallest absolute Gasteiger partial charge is 0.196 e. The number of anilines is 1. The van der Waals surface area contributed by atoms with E-state index in [2.05, 4.69) is 15.9 Å². The Morgan fingerprint density at radius 1 is 1.10 bits per heavy atom. The number of hydrogen-bond acceptors (Lipinski definition) is 4. The molecule has 0 spiro atoms. The third kappa shape index (κ3) is 3.03. The van der Waals surface area contributed by atoms with Crippen molar-refractivity contribution < 1.29 is 14.3 Å². The van der Waals surface area contributed by atoms with E-state index in [1.807, 2.05) is 13.0 Å². The summed E-state index contributed by atoms with van der Waals surface area (Å²) in [5.74, 6) is 0.885. The summed E-state index contributed by atoms with van der Waals surface area (Å²) in [7, 11) is 3.07. The number of methoxy groups -OCH3 is 2. The van der Waals surface area contributed by atoms with Crippen molar-refractivity contribution in [2.45, 2.75) is 6.92 Å². The lowest BCUT2D eigenvalue weighted by molar-refractivity contribution is 0.103. The number of hydrogen-bond donors (Lipinski definition) is 1. The van der Waals surface area contributed by atoms with Gasteiger partial charge in [0.05, 0.1) is 24.3 Å². The molecule has 110 valence electrons. The highest BCUT2D eigenvalue weighted by Crippen LogP contribution is 2.34. The van der Waals surface area contributed by atoms with Crippen LogP contribution in [0, 0.1) is 6.92 Å². The zero-order chi connectivity index (χ0) is 15.6. The maximum atomic E-state index is 12.7. The molecule has 4 nitrogen and oxygen atoms in total. The minimum atomic E-state index is -0.163. The van der Waals surface area contributed by atoms with Crippen molar-refractivity contribution in [1.29, 1.82) is 0 Å². The molecule has 2 N–H and O–H groups in total. The van der Waals surface area contributed by atoms with Crippen LogP contribution in [0.5, 0.6) is 11.5 Å². The first-order valence-corrected chi connectivity index (χ1v) is 7.09. The van der Waals surface area contributed by atoms with E-state index in [-0.39, 0.29) is 5.78 Å². The maximum Gasteiger partial charge on any atom is 0.196 e. The lowest BCUT2D eigenvalue weighted by Crippen LogP contribution is -2.06. The van der Waals surface area contributed by atoms with Crippen molar-refractivity contribution in [2.24, 2.45) is 0 Å². The minimum Gasteiger partial charge on any atom is -0.496 e. The van der Waals surface area contributed by atoms with Crippen molar-refractivity contribution in [3.05, 3.63) is 51.5 Å². The van der Waals surface area contributed by atoms with E-state index in [0.29, 0.717) is 28.3 Å². The topological polar surface area (TPSA) is 61.5 Å². The summed E-state index contributed by atoms with van der Waals surface area (Å²) in [5.41, 5.74) is 8.34. The highest BCUT2D eigenvalue weighted by molar-refractivity contribution is 9.10. The first-order chi connectivity index (χ1) is 9.97. The lowest BCUT2D eigenvalue weighted by Gasteiger charge is -2.12. The Labute approximate surface area is 132 Å². The fourth-order valence-corrected chi connectivity index (χ4v) is 2.46. The van der Waals surface area contributed by atoms with Crippen LogP contribution in [0.2, 0.25) is 0 Å². The van der Waals surface area contributed by atoms with Crippen molar-refractivity contribution in [1.82, 2.24) is 0 Å². The summed E-state index contributed by atoms with van der Waals surface area (Å²) in [6.45, 7) is 1.90. The van der Waals surface area contributed by atoms with Crippen LogP contribution in [0.1, 0.15) is 21.5 Å². The van der Waals surface area contributed by atoms with E-state index >= 15 is 0 Å². The molecule has 0 saturated heterocycles. The van der Waals surface area contributed by atoms with Gasteiger partial charge in [-0.05, 0) is 46.6 Å². The number of carbonyl (C=O) groups excluding carboxylic acids is 1. The second kappa shape index (κ2) is 6.18. The molecule has 0 radical (unpaired) electrons. The van der Waals surface area contributed by atoms with Crippen molar-refractivity contribution in [2.75, 3.05) is 20.0 Å². The Bertz CT molecular complexity index is 698. The summed E-state index contributed by atoms with van der Waals surface area (Å²) < 4.78 is 11.2. The van der Waals surface area contributed by atoms with Crippen LogP contribution < -0.4 is 15.2 Å². The van der Waals surface area contributed by atoms with Gasteiger partial charge in [-0.2, -0.15) is 0 Å². The molecule has 2 rings (SSSR count). The van der Waals surface area contributed by atoms with Gasteiger partial charge in [-0.25, -0.2) is 0 Å². The Morgan fingerprint density at radius 2 is 1.76 bits per heavy atom.